The van der Waals surface area contributed by atoms with Crippen molar-refractivity contribution in [3.63, 3.8) is 0 Å². The van der Waals surface area contributed by atoms with E-state index in [1.54, 1.807) is 13.0 Å². The minimum absolute atomic E-state index is 0.436. The second kappa shape index (κ2) is 7.10. The fourth-order valence-electron chi connectivity index (χ4n) is 1.48. The molecule has 0 saturated heterocycles. The van der Waals surface area contributed by atoms with Crippen LogP contribution in [0.25, 0.3) is 6.08 Å². The fourth-order valence-corrected chi connectivity index (χ4v) is 1.48. The minimum Gasteiger partial charge on any atom is -0.494 e. The summed E-state index contributed by atoms with van der Waals surface area (Å²) in [6.45, 7) is 7.91. The van der Waals surface area contributed by atoms with E-state index in [2.05, 4.69) is 13.5 Å². The first kappa shape index (κ1) is 13.8. The van der Waals surface area contributed by atoms with Crippen molar-refractivity contribution < 1.29 is 9.13 Å². The van der Waals surface area contributed by atoms with Crippen LogP contribution in [0.3, 0.4) is 0 Å². The van der Waals surface area contributed by atoms with Crippen LogP contribution < -0.4 is 4.74 Å². The lowest BCUT2D eigenvalue weighted by atomic mass is 10.00. The van der Waals surface area contributed by atoms with E-state index < -0.39 is 6.67 Å². The molecule has 0 aliphatic rings. The van der Waals surface area contributed by atoms with Crippen molar-refractivity contribution in [3.8, 4) is 5.75 Å². The Bertz CT molecular complexity index is 360. The lowest BCUT2D eigenvalue weighted by Crippen LogP contribution is -2.01. The van der Waals surface area contributed by atoms with Gasteiger partial charge in [-0.2, -0.15) is 0 Å². The third kappa shape index (κ3) is 4.22. The van der Waals surface area contributed by atoms with E-state index in [0.717, 1.165) is 29.7 Å². The molecule has 2 heteroatoms. The summed E-state index contributed by atoms with van der Waals surface area (Å²) < 4.78 is 18.3. The predicted molar refractivity (Wildman–Crippen MR) is 70.9 cm³/mol. The quantitative estimate of drug-likeness (QED) is 0.636. The summed E-state index contributed by atoms with van der Waals surface area (Å²) in [5, 5.41) is 0. The standard InChI is InChI=1S/C15H20FO/c1-4-6-7-17-15-9-13(5-2)8-14(10-15)12(3)11-16/h5,8-10H,2,4,6-7,11H2,1,3H3. The summed E-state index contributed by atoms with van der Waals surface area (Å²) in [6.07, 6.45) is 3.88. The van der Waals surface area contributed by atoms with Crippen LogP contribution >= 0.6 is 0 Å². The van der Waals surface area contributed by atoms with Gasteiger partial charge in [0.05, 0.1) is 13.3 Å². The highest BCUT2D eigenvalue weighted by atomic mass is 19.1. The molecule has 93 valence electrons. The van der Waals surface area contributed by atoms with Crippen molar-refractivity contribution in [2.75, 3.05) is 13.3 Å². The van der Waals surface area contributed by atoms with Gasteiger partial charge in [-0.15, -0.1) is 0 Å². The Balaban J connectivity index is 2.85. The van der Waals surface area contributed by atoms with E-state index in [-0.39, 0.29) is 0 Å². The van der Waals surface area contributed by atoms with Gasteiger partial charge in [-0.1, -0.05) is 39.0 Å². The highest BCUT2D eigenvalue weighted by Crippen LogP contribution is 2.24. The third-order valence-corrected chi connectivity index (χ3v) is 2.62. The smallest absolute Gasteiger partial charge is 0.120 e. The molecule has 0 unspecified atom stereocenters. The number of ether oxygens (including phenoxy) is 1. The maximum Gasteiger partial charge on any atom is 0.120 e. The van der Waals surface area contributed by atoms with E-state index in [1.165, 1.54) is 0 Å². The molecule has 1 rings (SSSR count). The number of halogens is 1. The normalized spacial score (nSPS) is 10.6. The molecular weight excluding hydrogens is 215 g/mol. The first-order valence-electron chi connectivity index (χ1n) is 6.00. The van der Waals surface area contributed by atoms with Crippen LogP contribution in [0.1, 0.15) is 37.8 Å². The number of hydrogen-bond donors (Lipinski definition) is 0. The van der Waals surface area contributed by atoms with E-state index in [4.69, 9.17) is 4.74 Å². The number of hydrogen-bond acceptors (Lipinski definition) is 1. The Labute approximate surface area is 103 Å². The minimum atomic E-state index is -0.436. The van der Waals surface area contributed by atoms with Crippen LogP contribution in [-0.2, 0) is 0 Å². The molecule has 17 heavy (non-hydrogen) atoms. The molecule has 0 spiro atoms. The molecular formula is C15H20FO. The number of benzene rings is 1. The molecule has 0 atom stereocenters. The SMILES string of the molecule is C=Cc1cc(OCCCC)cc([C](C)CF)c1. The largest absolute Gasteiger partial charge is 0.494 e. The van der Waals surface area contributed by atoms with Gasteiger partial charge in [-0.25, -0.2) is 0 Å². The average Bonchev–Trinajstić information content (AvgIpc) is 2.37. The highest BCUT2D eigenvalue weighted by molar-refractivity contribution is 5.54. The van der Waals surface area contributed by atoms with E-state index in [9.17, 15) is 4.39 Å². The summed E-state index contributed by atoms with van der Waals surface area (Å²) in [5.41, 5.74) is 1.85. The van der Waals surface area contributed by atoms with E-state index in [0.29, 0.717) is 12.5 Å². The van der Waals surface area contributed by atoms with Crippen molar-refractivity contribution in [2.24, 2.45) is 0 Å². The summed E-state index contributed by atoms with van der Waals surface area (Å²) in [7, 11) is 0. The number of rotatable bonds is 7. The average molecular weight is 235 g/mol. The zero-order valence-electron chi connectivity index (χ0n) is 10.6. The Hall–Kier alpha value is -1.31. The van der Waals surface area contributed by atoms with E-state index in [1.807, 2.05) is 18.2 Å². The van der Waals surface area contributed by atoms with Gasteiger partial charge in [0, 0.05) is 5.92 Å². The van der Waals surface area contributed by atoms with Gasteiger partial charge in [0.25, 0.3) is 0 Å². The summed E-state index contributed by atoms with van der Waals surface area (Å²) in [5.74, 6) is 1.51. The molecule has 0 aliphatic carbocycles. The van der Waals surface area contributed by atoms with Gasteiger partial charge in [-0.05, 0) is 29.7 Å². The monoisotopic (exact) mass is 235 g/mol. The van der Waals surface area contributed by atoms with Gasteiger partial charge >= 0.3 is 0 Å². The molecule has 0 bridgehead atoms. The van der Waals surface area contributed by atoms with Crippen molar-refractivity contribution in [3.05, 3.63) is 41.8 Å². The lowest BCUT2D eigenvalue weighted by molar-refractivity contribution is 0.309. The molecule has 0 saturated carbocycles. The Kier molecular flexibility index (Phi) is 5.75. The molecule has 0 aliphatic heterocycles. The molecule has 0 fully saturated rings. The van der Waals surface area contributed by atoms with Gasteiger partial charge < -0.3 is 4.74 Å². The van der Waals surface area contributed by atoms with Gasteiger partial charge in [0.1, 0.15) is 5.75 Å². The van der Waals surface area contributed by atoms with Gasteiger partial charge in [-0.3, -0.25) is 4.39 Å². The Morgan fingerprint density at radius 2 is 2.18 bits per heavy atom. The van der Waals surface area contributed by atoms with Gasteiger partial charge in [0.15, 0.2) is 0 Å². The van der Waals surface area contributed by atoms with Crippen LogP contribution in [0.4, 0.5) is 4.39 Å². The molecule has 1 nitrogen and oxygen atoms in total. The topological polar surface area (TPSA) is 9.23 Å². The van der Waals surface area contributed by atoms with Crippen molar-refractivity contribution >= 4 is 6.08 Å². The number of alkyl halides is 1. The maximum atomic E-state index is 12.6. The third-order valence-electron chi connectivity index (χ3n) is 2.62. The maximum absolute atomic E-state index is 12.6. The van der Waals surface area contributed by atoms with Crippen LogP contribution in [0.5, 0.6) is 5.75 Å². The van der Waals surface area contributed by atoms with Crippen LogP contribution in [0.15, 0.2) is 24.8 Å². The second-order valence-corrected chi connectivity index (χ2v) is 4.11. The Morgan fingerprint density at radius 1 is 1.41 bits per heavy atom. The molecule has 1 aromatic rings. The first-order valence-corrected chi connectivity index (χ1v) is 6.00. The van der Waals surface area contributed by atoms with Crippen molar-refractivity contribution in [2.45, 2.75) is 26.7 Å². The fraction of sp³-hybridized carbons (Fsp3) is 0.400. The second-order valence-electron chi connectivity index (χ2n) is 4.11. The first-order chi connectivity index (χ1) is 8.21. The van der Waals surface area contributed by atoms with Crippen molar-refractivity contribution in [1.29, 1.82) is 0 Å². The highest BCUT2D eigenvalue weighted by Gasteiger charge is 2.08. The molecule has 0 aromatic heterocycles. The summed E-state index contributed by atoms with van der Waals surface area (Å²) in [6, 6.07) is 5.74. The molecule has 0 N–H and O–H groups in total. The Morgan fingerprint density at radius 3 is 2.76 bits per heavy atom. The molecule has 1 radical (unpaired) electrons. The van der Waals surface area contributed by atoms with E-state index >= 15 is 0 Å². The predicted octanol–water partition coefficient (Wildman–Crippen LogP) is 4.42. The van der Waals surface area contributed by atoms with Crippen molar-refractivity contribution in [1.82, 2.24) is 0 Å². The zero-order valence-corrected chi connectivity index (χ0v) is 10.6. The molecule has 0 amide bonds. The molecule has 1 aromatic carbocycles. The van der Waals surface area contributed by atoms with Crippen LogP contribution in [-0.4, -0.2) is 13.3 Å². The molecule has 0 heterocycles. The van der Waals surface area contributed by atoms with Gasteiger partial charge in [0.2, 0.25) is 0 Å². The summed E-state index contributed by atoms with van der Waals surface area (Å²) >= 11 is 0. The zero-order chi connectivity index (χ0) is 12.7. The van der Waals surface area contributed by atoms with Crippen LogP contribution in [0, 0.1) is 5.92 Å². The lowest BCUT2D eigenvalue weighted by Gasteiger charge is -2.12. The number of unbranched alkanes of at least 4 members (excludes halogenated alkanes) is 1. The summed E-state index contributed by atoms with van der Waals surface area (Å²) in [4.78, 5) is 0. The van der Waals surface area contributed by atoms with Crippen LogP contribution in [0.2, 0.25) is 0 Å².